The van der Waals surface area contributed by atoms with Crippen LogP contribution in [0, 0.1) is 6.92 Å². The van der Waals surface area contributed by atoms with Gasteiger partial charge in [-0.1, -0.05) is 35.1 Å². The molecular formula is C18H16N6O2S. The van der Waals surface area contributed by atoms with Gasteiger partial charge in [0.15, 0.2) is 5.65 Å². The van der Waals surface area contributed by atoms with Gasteiger partial charge in [-0.25, -0.2) is 14.6 Å². The summed E-state index contributed by atoms with van der Waals surface area (Å²) in [5.74, 6) is 0.132. The molecule has 1 unspecified atom stereocenters. The smallest absolute Gasteiger partial charge is 0.240 e. The average molecular weight is 380 g/mol. The van der Waals surface area contributed by atoms with Gasteiger partial charge in [0.25, 0.3) is 0 Å². The maximum absolute atomic E-state index is 12.4. The number of thioether (sulfide) groups is 1. The SMILES string of the molecule is Cc1cc(NC(=O)C(C)Sc2ncnc3c2cnn3-c2ccccc2)on1. The summed E-state index contributed by atoms with van der Waals surface area (Å²) < 4.78 is 6.78. The summed E-state index contributed by atoms with van der Waals surface area (Å²) in [5.41, 5.74) is 2.31. The monoisotopic (exact) mass is 380 g/mol. The zero-order valence-corrected chi connectivity index (χ0v) is 15.5. The molecule has 8 nitrogen and oxygen atoms in total. The zero-order chi connectivity index (χ0) is 18.8. The third-order valence-electron chi connectivity index (χ3n) is 3.86. The van der Waals surface area contributed by atoms with Crippen LogP contribution in [0.25, 0.3) is 16.7 Å². The molecule has 3 aromatic heterocycles. The summed E-state index contributed by atoms with van der Waals surface area (Å²) in [6.07, 6.45) is 3.20. The van der Waals surface area contributed by atoms with Crippen LogP contribution >= 0.6 is 11.8 Å². The Kier molecular flexibility index (Phi) is 4.59. The van der Waals surface area contributed by atoms with Crippen molar-refractivity contribution >= 4 is 34.6 Å². The number of para-hydroxylation sites is 1. The number of benzene rings is 1. The first-order valence-corrected chi connectivity index (χ1v) is 9.15. The van der Waals surface area contributed by atoms with Crippen LogP contribution in [0.1, 0.15) is 12.6 Å². The van der Waals surface area contributed by atoms with E-state index in [-0.39, 0.29) is 5.91 Å². The summed E-state index contributed by atoms with van der Waals surface area (Å²) in [4.78, 5) is 21.1. The Hall–Kier alpha value is -3.20. The first-order valence-electron chi connectivity index (χ1n) is 8.27. The summed E-state index contributed by atoms with van der Waals surface area (Å²) in [6.45, 7) is 3.60. The van der Waals surface area contributed by atoms with E-state index < -0.39 is 5.25 Å². The van der Waals surface area contributed by atoms with Gasteiger partial charge in [0.1, 0.15) is 11.4 Å². The van der Waals surface area contributed by atoms with E-state index in [9.17, 15) is 4.79 Å². The molecule has 1 aromatic carbocycles. The van der Waals surface area contributed by atoms with Crippen molar-refractivity contribution in [1.82, 2.24) is 24.9 Å². The number of carbonyl (C=O) groups excluding carboxylic acids is 1. The molecule has 3 heterocycles. The van der Waals surface area contributed by atoms with Crippen molar-refractivity contribution in [3.63, 3.8) is 0 Å². The minimum Gasteiger partial charge on any atom is -0.338 e. The van der Waals surface area contributed by atoms with Crippen LogP contribution in [-0.4, -0.2) is 36.1 Å². The van der Waals surface area contributed by atoms with Gasteiger partial charge in [-0.05, 0) is 26.0 Å². The lowest BCUT2D eigenvalue weighted by atomic mass is 10.3. The Morgan fingerprint density at radius 1 is 1.26 bits per heavy atom. The number of hydrogen-bond donors (Lipinski definition) is 1. The van der Waals surface area contributed by atoms with Crippen LogP contribution < -0.4 is 5.32 Å². The molecule has 0 radical (unpaired) electrons. The second-order valence-electron chi connectivity index (χ2n) is 5.89. The van der Waals surface area contributed by atoms with E-state index >= 15 is 0 Å². The van der Waals surface area contributed by atoms with Crippen molar-refractivity contribution in [2.45, 2.75) is 24.1 Å². The van der Waals surface area contributed by atoms with Crippen LogP contribution in [0.5, 0.6) is 0 Å². The van der Waals surface area contributed by atoms with Gasteiger partial charge in [-0.2, -0.15) is 5.10 Å². The van der Waals surface area contributed by atoms with Crippen molar-refractivity contribution < 1.29 is 9.32 Å². The minimum absolute atomic E-state index is 0.196. The second-order valence-corrected chi connectivity index (χ2v) is 7.22. The molecule has 0 bridgehead atoms. The van der Waals surface area contributed by atoms with E-state index in [0.717, 1.165) is 11.1 Å². The average Bonchev–Trinajstić information content (AvgIpc) is 3.29. The van der Waals surface area contributed by atoms with Gasteiger partial charge >= 0.3 is 0 Å². The Balaban J connectivity index is 1.57. The maximum atomic E-state index is 12.4. The molecule has 4 rings (SSSR count). The summed E-state index contributed by atoms with van der Waals surface area (Å²) in [6, 6.07) is 11.4. The zero-order valence-electron chi connectivity index (χ0n) is 14.7. The fraction of sp³-hybridized carbons (Fsp3) is 0.167. The molecule has 0 fully saturated rings. The maximum Gasteiger partial charge on any atom is 0.240 e. The van der Waals surface area contributed by atoms with E-state index in [4.69, 9.17) is 4.52 Å². The minimum atomic E-state index is -0.395. The summed E-state index contributed by atoms with van der Waals surface area (Å²) in [7, 11) is 0. The molecule has 1 atom stereocenters. The number of aryl methyl sites for hydroxylation is 1. The number of nitrogens with zero attached hydrogens (tertiary/aromatic N) is 5. The molecule has 136 valence electrons. The largest absolute Gasteiger partial charge is 0.338 e. The third kappa shape index (κ3) is 3.54. The molecule has 1 N–H and O–H groups in total. The number of anilines is 1. The first-order chi connectivity index (χ1) is 13.1. The Bertz CT molecular complexity index is 1090. The lowest BCUT2D eigenvalue weighted by molar-refractivity contribution is -0.115. The number of aromatic nitrogens is 5. The van der Waals surface area contributed by atoms with Gasteiger partial charge in [0.2, 0.25) is 11.8 Å². The lowest BCUT2D eigenvalue weighted by Crippen LogP contribution is -2.22. The standard InChI is InChI=1S/C18H16N6O2S/c1-11-8-15(26-23-11)22-17(25)12(2)27-18-14-9-21-24(16(14)19-10-20-18)13-6-4-3-5-7-13/h3-10,12H,1-2H3,(H,22,25). The van der Waals surface area contributed by atoms with Crippen LogP contribution in [-0.2, 0) is 4.79 Å². The van der Waals surface area contributed by atoms with Crippen LogP contribution in [0.15, 0.2) is 58.5 Å². The van der Waals surface area contributed by atoms with Crippen LogP contribution in [0.4, 0.5) is 5.88 Å². The Labute approximate surface area is 159 Å². The molecule has 0 saturated carbocycles. The quantitative estimate of drug-likeness (QED) is 0.419. The molecule has 9 heteroatoms. The van der Waals surface area contributed by atoms with Crippen molar-refractivity contribution in [3.05, 3.63) is 54.6 Å². The molecule has 0 aliphatic carbocycles. The van der Waals surface area contributed by atoms with Crippen molar-refractivity contribution in [2.24, 2.45) is 0 Å². The van der Waals surface area contributed by atoms with E-state index in [2.05, 4.69) is 25.5 Å². The summed E-state index contributed by atoms with van der Waals surface area (Å²) in [5, 5.41) is 12.0. The topological polar surface area (TPSA) is 98.7 Å². The molecule has 4 aromatic rings. The van der Waals surface area contributed by atoms with Crippen molar-refractivity contribution in [3.8, 4) is 5.69 Å². The second kappa shape index (κ2) is 7.20. The lowest BCUT2D eigenvalue weighted by Gasteiger charge is -2.10. The van der Waals surface area contributed by atoms with E-state index in [1.54, 1.807) is 30.8 Å². The molecule has 0 aliphatic heterocycles. The number of hydrogen-bond acceptors (Lipinski definition) is 7. The highest BCUT2D eigenvalue weighted by molar-refractivity contribution is 8.00. The third-order valence-corrected chi connectivity index (χ3v) is 4.98. The van der Waals surface area contributed by atoms with Crippen molar-refractivity contribution in [1.29, 1.82) is 0 Å². The number of carbonyl (C=O) groups is 1. The van der Waals surface area contributed by atoms with E-state index in [0.29, 0.717) is 22.3 Å². The highest BCUT2D eigenvalue weighted by atomic mass is 32.2. The highest BCUT2D eigenvalue weighted by Crippen LogP contribution is 2.29. The predicted octanol–water partition coefficient (Wildman–Crippen LogP) is 3.23. The fourth-order valence-corrected chi connectivity index (χ4v) is 3.42. The van der Waals surface area contributed by atoms with Crippen LogP contribution in [0.2, 0.25) is 0 Å². The normalized spacial score (nSPS) is 12.2. The predicted molar refractivity (Wildman–Crippen MR) is 102 cm³/mol. The van der Waals surface area contributed by atoms with Gasteiger partial charge in [-0.15, -0.1) is 0 Å². The van der Waals surface area contributed by atoms with Gasteiger partial charge in [-0.3, -0.25) is 10.1 Å². The number of fused-ring (bicyclic) bond motifs is 1. The van der Waals surface area contributed by atoms with Crippen molar-refractivity contribution in [2.75, 3.05) is 5.32 Å². The van der Waals surface area contributed by atoms with Gasteiger partial charge in [0.05, 0.1) is 28.2 Å². The molecule has 0 spiro atoms. The molecule has 0 aliphatic rings. The summed E-state index contributed by atoms with van der Waals surface area (Å²) >= 11 is 1.34. The molecule has 1 amide bonds. The van der Waals surface area contributed by atoms with Crippen LogP contribution in [0.3, 0.4) is 0 Å². The number of nitrogens with one attached hydrogen (secondary N) is 1. The number of rotatable bonds is 5. The Morgan fingerprint density at radius 3 is 2.81 bits per heavy atom. The fourth-order valence-electron chi connectivity index (χ4n) is 2.54. The highest BCUT2D eigenvalue weighted by Gasteiger charge is 2.20. The molecular weight excluding hydrogens is 364 g/mol. The van der Waals surface area contributed by atoms with Gasteiger partial charge in [0, 0.05) is 6.07 Å². The van der Waals surface area contributed by atoms with E-state index in [1.165, 1.54) is 18.1 Å². The Morgan fingerprint density at radius 2 is 2.07 bits per heavy atom. The van der Waals surface area contributed by atoms with E-state index in [1.807, 2.05) is 30.3 Å². The van der Waals surface area contributed by atoms with Gasteiger partial charge < -0.3 is 4.52 Å². The first kappa shape index (κ1) is 17.2. The number of amides is 1. The molecule has 0 saturated heterocycles. The molecule has 27 heavy (non-hydrogen) atoms.